The van der Waals surface area contributed by atoms with E-state index in [1.54, 1.807) is 11.9 Å². The molecule has 0 spiro atoms. The molecule has 1 aromatic rings. The number of nitrogens with two attached hydrogens (primary N) is 1. The number of benzene rings is 1. The quantitative estimate of drug-likeness (QED) is 0.460. The number of hydrogen-bond acceptors (Lipinski definition) is 6. The predicted molar refractivity (Wildman–Crippen MR) is 106 cm³/mol. The van der Waals surface area contributed by atoms with Gasteiger partial charge in [-0.15, -0.1) is 0 Å². The molecule has 0 unspecified atom stereocenters. The minimum Gasteiger partial charge on any atom is -0.444 e. The van der Waals surface area contributed by atoms with Crippen LogP contribution in [-0.2, 0) is 4.74 Å². The summed E-state index contributed by atoms with van der Waals surface area (Å²) in [4.78, 5) is 13.9. The number of carbonyl (C=O) groups excluding carboxylic acids is 1. The van der Waals surface area contributed by atoms with Gasteiger partial charge in [-0.05, 0) is 39.0 Å². The van der Waals surface area contributed by atoms with E-state index in [9.17, 15) is 4.79 Å². The van der Waals surface area contributed by atoms with Crippen LogP contribution in [0.5, 0.6) is 0 Å². The number of alkyl carbamates (subject to hydrolysis) is 1. The fraction of sp³-hybridized carbons (Fsp3) is 0.588. The molecule has 140 valence electrons. The molecule has 25 heavy (non-hydrogen) atoms. The normalized spacial score (nSPS) is 15.9. The van der Waals surface area contributed by atoms with Crippen molar-refractivity contribution in [3.63, 3.8) is 0 Å². The maximum Gasteiger partial charge on any atom is 0.407 e. The molecule has 6 nitrogen and oxygen atoms in total. The number of nitrogen functional groups attached to an aromatic ring is 1. The largest absolute Gasteiger partial charge is 0.444 e. The van der Waals surface area contributed by atoms with Gasteiger partial charge in [0.15, 0.2) is 0 Å². The lowest BCUT2D eigenvalue weighted by atomic mass is 10.2. The molecule has 0 bridgehead atoms. The molecule has 0 saturated carbocycles. The van der Waals surface area contributed by atoms with E-state index in [-0.39, 0.29) is 6.09 Å². The van der Waals surface area contributed by atoms with Crippen LogP contribution >= 0.6 is 23.5 Å². The summed E-state index contributed by atoms with van der Waals surface area (Å²) in [7, 11) is 0. The van der Waals surface area contributed by atoms with E-state index >= 15 is 0 Å². The number of amides is 1. The molecule has 0 aliphatic carbocycles. The van der Waals surface area contributed by atoms with Crippen LogP contribution in [-0.4, -0.2) is 54.5 Å². The fourth-order valence-electron chi connectivity index (χ4n) is 2.45. The lowest BCUT2D eigenvalue weighted by Crippen LogP contribution is -2.44. The first kappa shape index (κ1) is 20.0. The Bertz CT molecular complexity index is 587. The molecule has 0 atom stereocenters. The third-order valence-electron chi connectivity index (χ3n) is 3.63. The van der Waals surface area contributed by atoms with E-state index in [0.29, 0.717) is 17.3 Å². The number of piperazine rings is 1. The Balaban J connectivity index is 1.65. The Morgan fingerprint density at radius 2 is 2.00 bits per heavy atom. The van der Waals surface area contributed by atoms with E-state index in [1.807, 2.05) is 39.0 Å². The summed E-state index contributed by atoms with van der Waals surface area (Å²) in [5, 5.41) is 3.37. The standard InChI is InChI=1S/C17H27ClN4O2S/c1-17(2,3)24-16(23)20-6-11-25-22-9-7-21(8-10-22)13-4-5-14(18)15(19)12-13/h4-5,12H,6-11,19H2,1-3H3,(H,20,23). The van der Waals surface area contributed by atoms with Gasteiger partial charge in [-0.1, -0.05) is 23.5 Å². The molecule has 1 aromatic carbocycles. The van der Waals surface area contributed by atoms with E-state index in [4.69, 9.17) is 22.1 Å². The molecule has 1 saturated heterocycles. The summed E-state index contributed by atoms with van der Waals surface area (Å²) >= 11 is 7.73. The fourth-order valence-corrected chi connectivity index (χ4v) is 3.44. The number of ether oxygens (including phenoxy) is 1. The number of rotatable bonds is 5. The number of anilines is 2. The molecule has 3 N–H and O–H groups in total. The summed E-state index contributed by atoms with van der Waals surface area (Å²) in [6.07, 6.45) is -0.363. The van der Waals surface area contributed by atoms with E-state index in [0.717, 1.165) is 37.6 Å². The summed E-state index contributed by atoms with van der Waals surface area (Å²) in [5.41, 5.74) is 7.15. The first-order chi connectivity index (χ1) is 11.7. The Morgan fingerprint density at radius 3 is 2.60 bits per heavy atom. The maximum atomic E-state index is 11.6. The van der Waals surface area contributed by atoms with Crippen molar-refractivity contribution < 1.29 is 9.53 Å². The number of nitrogens with one attached hydrogen (secondary N) is 1. The molecular weight excluding hydrogens is 360 g/mol. The van der Waals surface area contributed by atoms with Gasteiger partial charge in [0.1, 0.15) is 5.60 Å². The van der Waals surface area contributed by atoms with Crippen LogP contribution in [0.25, 0.3) is 0 Å². The minimum absolute atomic E-state index is 0.363. The first-order valence-corrected chi connectivity index (χ1v) is 9.71. The van der Waals surface area contributed by atoms with Gasteiger partial charge in [0.05, 0.1) is 10.7 Å². The Morgan fingerprint density at radius 1 is 1.32 bits per heavy atom. The van der Waals surface area contributed by atoms with Crippen LogP contribution < -0.4 is 16.0 Å². The van der Waals surface area contributed by atoms with Crippen molar-refractivity contribution in [1.29, 1.82) is 0 Å². The highest BCUT2D eigenvalue weighted by molar-refractivity contribution is 7.97. The van der Waals surface area contributed by atoms with Gasteiger partial charge in [0, 0.05) is 44.2 Å². The molecule has 2 rings (SSSR count). The monoisotopic (exact) mass is 386 g/mol. The number of carbonyl (C=O) groups is 1. The van der Waals surface area contributed by atoms with Gasteiger partial charge in [-0.2, -0.15) is 0 Å². The second-order valence-electron chi connectivity index (χ2n) is 6.88. The van der Waals surface area contributed by atoms with Crippen molar-refractivity contribution in [2.75, 3.05) is 49.1 Å². The zero-order valence-electron chi connectivity index (χ0n) is 15.0. The highest BCUT2D eigenvalue weighted by Crippen LogP contribution is 2.26. The van der Waals surface area contributed by atoms with Crippen LogP contribution in [0, 0.1) is 0 Å². The second-order valence-corrected chi connectivity index (χ2v) is 8.47. The number of halogens is 1. The summed E-state index contributed by atoms with van der Waals surface area (Å²) in [6, 6.07) is 5.78. The Kier molecular flexibility index (Phi) is 7.10. The van der Waals surface area contributed by atoms with Crippen molar-refractivity contribution in [2.45, 2.75) is 26.4 Å². The van der Waals surface area contributed by atoms with Crippen molar-refractivity contribution in [3.8, 4) is 0 Å². The minimum atomic E-state index is -0.460. The molecule has 1 heterocycles. The van der Waals surface area contributed by atoms with Crippen molar-refractivity contribution in [3.05, 3.63) is 23.2 Å². The number of hydrogen-bond donors (Lipinski definition) is 2. The van der Waals surface area contributed by atoms with E-state index < -0.39 is 5.60 Å². The first-order valence-electron chi connectivity index (χ1n) is 8.39. The van der Waals surface area contributed by atoms with Crippen LogP contribution in [0.15, 0.2) is 18.2 Å². The summed E-state index contributed by atoms with van der Waals surface area (Å²) in [5.74, 6) is 0.827. The molecule has 0 radical (unpaired) electrons. The lowest BCUT2D eigenvalue weighted by Gasteiger charge is -2.35. The van der Waals surface area contributed by atoms with Crippen LogP contribution in [0.1, 0.15) is 20.8 Å². The van der Waals surface area contributed by atoms with E-state index in [2.05, 4.69) is 14.5 Å². The van der Waals surface area contributed by atoms with Crippen LogP contribution in [0.3, 0.4) is 0 Å². The Labute approximate surface area is 159 Å². The van der Waals surface area contributed by atoms with E-state index in [1.165, 1.54) is 0 Å². The molecule has 1 aliphatic heterocycles. The van der Waals surface area contributed by atoms with Gasteiger partial charge >= 0.3 is 6.09 Å². The third kappa shape index (κ3) is 6.84. The topological polar surface area (TPSA) is 70.8 Å². The smallest absolute Gasteiger partial charge is 0.407 e. The zero-order chi connectivity index (χ0) is 18.4. The Hall–Kier alpha value is -1.31. The van der Waals surface area contributed by atoms with Crippen LogP contribution in [0.2, 0.25) is 5.02 Å². The number of nitrogens with zero attached hydrogens (tertiary/aromatic N) is 2. The van der Waals surface area contributed by atoms with Gasteiger partial charge in [-0.25, -0.2) is 9.10 Å². The van der Waals surface area contributed by atoms with Crippen molar-refractivity contribution in [1.82, 2.24) is 9.62 Å². The highest BCUT2D eigenvalue weighted by Gasteiger charge is 2.19. The molecule has 1 fully saturated rings. The third-order valence-corrected chi connectivity index (χ3v) is 5.09. The SMILES string of the molecule is CC(C)(C)OC(=O)NCCSN1CCN(c2ccc(Cl)c(N)c2)CC1. The molecule has 0 aromatic heterocycles. The molecule has 1 aliphatic rings. The summed E-state index contributed by atoms with van der Waals surface area (Å²) in [6.45, 7) is 9.95. The maximum absolute atomic E-state index is 11.6. The second kappa shape index (κ2) is 8.87. The zero-order valence-corrected chi connectivity index (χ0v) is 16.6. The summed E-state index contributed by atoms with van der Waals surface area (Å²) < 4.78 is 7.54. The molecule has 8 heteroatoms. The van der Waals surface area contributed by atoms with Gasteiger partial charge in [-0.3, -0.25) is 0 Å². The average molecular weight is 387 g/mol. The predicted octanol–water partition coefficient (Wildman–Crippen LogP) is 3.22. The molecular formula is C17H27ClN4O2S. The highest BCUT2D eigenvalue weighted by atomic mass is 35.5. The van der Waals surface area contributed by atoms with Crippen LogP contribution in [0.4, 0.5) is 16.2 Å². The van der Waals surface area contributed by atoms with Crippen molar-refractivity contribution >= 4 is 41.0 Å². The van der Waals surface area contributed by atoms with Crippen molar-refractivity contribution in [2.24, 2.45) is 0 Å². The van der Waals surface area contributed by atoms with Gasteiger partial charge in [0.25, 0.3) is 0 Å². The van der Waals surface area contributed by atoms with Gasteiger partial charge < -0.3 is 20.7 Å². The van der Waals surface area contributed by atoms with Gasteiger partial charge in [0.2, 0.25) is 0 Å². The molecule has 1 amide bonds. The average Bonchev–Trinajstić information content (AvgIpc) is 2.53. The lowest BCUT2D eigenvalue weighted by molar-refractivity contribution is 0.0531.